The van der Waals surface area contributed by atoms with Crippen LogP contribution in [0.15, 0.2) is 18.0 Å². The van der Waals surface area contributed by atoms with Crippen LogP contribution < -0.4 is 0 Å². The van der Waals surface area contributed by atoms with Crippen LogP contribution in [-0.4, -0.2) is 5.60 Å². The Hall–Kier alpha value is -0.860. The van der Waals surface area contributed by atoms with Crippen LogP contribution in [0.4, 0.5) is 0 Å². The normalized spacial score (nSPS) is 16.0. The first-order valence-electron chi connectivity index (χ1n) is 4.63. The summed E-state index contributed by atoms with van der Waals surface area (Å²) in [5.74, 6) is 0.587. The first-order valence-corrected chi connectivity index (χ1v) is 4.63. The maximum atomic E-state index is 10.0. The summed E-state index contributed by atoms with van der Waals surface area (Å²) in [5.41, 5.74) is -0.557. The average Bonchev–Trinajstić information content (AvgIpc) is 2.04. The van der Waals surface area contributed by atoms with Crippen LogP contribution in [0, 0.1) is 16.7 Å². The van der Waals surface area contributed by atoms with E-state index < -0.39 is 5.60 Å². The molecule has 0 aromatic carbocycles. The highest BCUT2D eigenvalue weighted by Gasteiger charge is 2.33. The first kappa shape index (κ1) is 12.1. The monoisotopic (exact) mass is 185 g/mol. The van der Waals surface area contributed by atoms with Gasteiger partial charge in [0.2, 0.25) is 0 Å². The van der Waals surface area contributed by atoms with Gasteiger partial charge in [-0.3, -0.25) is 0 Å². The third kappa shape index (κ3) is 3.17. The minimum absolute atomic E-state index is 0.148. The zero-order chi connectivity index (χ0) is 10.5. The molecule has 0 aliphatic rings. The van der Waals surface area contributed by atoms with E-state index in [1.165, 1.54) is 0 Å². The fraction of sp³-hybridized carbons (Fsp3) is 0.800. The van der Waals surface area contributed by atoms with Gasteiger partial charge in [-0.1, -0.05) is 26.3 Å². The minimum Gasteiger partial charge on any atom is -0.357 e. The van der Waals surface area contributed by atoms with Crippen molar-refractivity contribution in [2.45, 2.75) is 39.7 Å². The summed E-state index contributed by atoms with van der Waals surface area (Å²) in [7, 11) is 0. The van der Waals surface area contributed by atoms with Gasteiger partial charge >= 0.3 is 0 Å². The third-order valence-corrected chi connectivity index (χ3v) is 2.59. The Morgan fingerprint density at radius 1 is 1.62 bits per heavy atom. The average molecular weight is 185 g/mol. The van der Waals surface area contributed by atoms with E-state index in [0.29, 0.717) is 5.92 Å². The minimum atomic E-state index is -0.557. The molecule has 0 amide bonds. The third-order valence-electron chi connectivity index (χ3n) is 2.59. The number of hydrogen-bond donors (Lipinski definition) is 0. The molecule has 0 aromatic heterocycles. The van der Waals surface area contributed by atoms with Gasteiger partial charge in [-0.05, 0) is 19.8 Å². The van der Waals surface area contributed by atoms with Crippen LogP contribution in [-0.2, 0) is 4.84 Å². The van der Waals surface area contributed by atoms with Crippen molar-refractivity contribution in [3.05, 3.63) is 17.6 Å². The smallest absolute Gasteiger partial charge is 0.155 e. The fourth-order valence-corrected chi connectivity index (χ4v) is 1.61. The second-order valence-electron chi connectivity index (χ2n) is 3.92. The molecule has 76 valence electrons. The zero-order valence-corrected chi connectivity index (χ0v) is 8.91. The summed E-state index contributed by atoms with van der Waals surface area (Å²) in [4.78, 5) is 14.8. The van der Waals surface area contributed by atoms with Crippen molar-refractivity contribution < 1.29 is 4.84 Å². The Morgan fingerprint density at radius 3 is 2.46 bits per heavy atom. The van der Waals surface area contributed by atoms with Gasteiger partial charge in [-0.2, -0.15) is 0 Å². The molecule has 0 saturated heterocycles. The van der Waals surface area contributed by atoms with E-state index in [-0.39, 0.29) is 5.92 Å². The molecule has 0 heterocycles. The summed E-state index contributed by atoms with van der Waals surface area (Å²) >= 11 is 0. The molecule has 0 aliphatic carbocycles. The molecule has 2 atom stereocenters. The lowest BCUT2D eigenvalue weighted by Gasteiger charge is -2.32. The number of rotatable bonds is 6. The lowest BCUT2D eigenvalue weighted by atomic mass is 9.80. The van der Waals surface area contributed by atoms with Gasteiger partial charge < -0.3 is 4.84 Å². The molecule has 0 aliphatic heterocycles. The molecule has 0 bridgehead atoms. The van der Waals surface area contributed by atoms with E-state index in [0.717, 1.165) is 6.42 Å². The largest absolute Gasteiger partial charge is 0.357 e. The van der Waals surface area contributed by atoms with Gasteiger partial charge in [-0.15, -0.1) is 11.5 Å². The maximum Gasteiger partial charge on any atom is 0.155 e. The van der Waals surface area contributed by atoms with Crippen LogP contribution >= 0.6 is 0 Å². The first-order chi connectivity index (χ1) is 5.99. The zero-order valence-electron chi connectivity index (χ0n) is 8.91. The summed E-state index contributed by atoms with van der Waals surface area (Å²) in [6.45, 7) is 11.7. The topological polar surface area (TPSA) is 38.7 Å². The van der Waals surface area contributed by atoms with Crippen LogP contribution in [0.25, 0.3) is 0 Å². The summed E-state index contributed by atoms with van der Waals surface area (Å²) < 4.78 is 0. The molecular weight excluding hydrogens is 166 g/mol. The molecule has 3 heteroatoms. The quantitative estimate of drug-likeness (QED) is 0.362. The van der Waals surface area contributed by atoms with E-state index in [1.807, 2.05) is 19.9 Å². The molecular formula is C10H19NO2. The standard InChI is InChI=1S/C10H19NO2/c1-6-8(3)9(7-2)10(4,5)13-11-12/h7-9H,2,6H2,1,3-5H3. The van der Waals surface area contributed by atoms with Crippen LogP contribution in [0.2, 0.25) is 0 Å². The maximum absolute atomic E-state index is 10.0. The lowest BCUT2D eigenvalue weighted by molar-refractivity contribution is -0.0611. The number of nitrogens with zero attached hydrogens (tertiary/aromatic N) is 1. The SMILES string of the molecule is C=CC(C(C)CC)C(C)(C)ON=O. The molecule has 2 unspecified atom stereocenters. The Bertz CT molecular complexity index is 178. The van der Waals surface area contributed by atoms with E-state index in [4.69, 9.17) is 4.84 Å². The summed E-state index contributed by atoms with van der Waals surface area (Å²) in [5, 5.41) is 2.50. The van der Waals surface area contributed by atoms with Gasteiger partial charge in [0.15, 0.2) is 5.34 Å². The van der Waals surface area contributed by atoms with Crippen molar-refractivity contribution >= 4 is 0 Å². The van der Waals surface area contributed by atoms with Crippen molar-refractivity contribution in [3.63, 3.8) is 0 Å². The fourth-order valence-electron chi connectivity index (χ4n) is 1.61. The van der Waals surface area contributed by atoms with Gasteiger partial charge in [-0.25, -0.2) is 0 Å². The van der Waals surface area contributed by atoms with Crippen molar-refractivity contribution in [3.8, 4) is 0 Å². The van der Waals surface area contributed by atoms with Crippen LogP contribution in [0.1, 0.15) is 34.1 Å². The molecule has 0 spiro atoms. The van der Waals surface area contributed by atoms with Gasteiger partial charge in [0, 0.05) is 5.92 Å². The highest BCUT2D eigenvalue weighted by atomic mass is 16.7. The highest BCUT2D eigenvalue weighted by molar-refractivity contribution is 4.94. The molecule has 0 aromatic rings. The Kier molecular flexibility index (Phi) is 4.67. The predicted molar refractivity (Wildman–Crippen MR) is 54.1 cm³/mol. The molecule has 0 fully saturated rings. The Labute approximate surface area is 80.1 Å². The Morgan fingerprint density at radius 2 is 2.15 bits per heavy atom. The van der Waals surface area contributed by atoms with Crippen molar-refractivity contribution in [2.75, 3.05) is 0 Å². The van der Waals surface area contributed by atoms with Crippen molar-refractivity contribution in [1.29, 1.82) is 0 Å². The number of hydrogen-bond acceptors (Lipinski definition) is 3. The highest BCUT2D eigenvalue weighted by Crippen LogP contribution is 2.30. The summed E-state index contributed by atoms with van der Waals surface area (Å²) in [6.07, 6.45) is 2.86. The van der Waals surface area contributed by atoms with E-state index >= 15 is 0 Å². The van der Waals surface area contributed by atoms with Gasteiger partial charge in [0.05, 0.1) is 0 Å². The lowest BCUT2D eigenvalue weighted by Crippen LogP contribution is -2.35. The van der Waals surface area contributed by atoms with E-state index in [2.05, 4.69) is 25.8 Å². The second-order valence-corrected chi connectivity index (χ2v) is 3.92. The Balaban J connectivity index is 4.53. The molecule has 0 rings (SSSR count). The van der Waals surface area contributed by atoms with E-state index in [9.17, 15) is 4.91 Å². The van der Waals surface area contributed by atoms with Gasteiger partial charge in [0.1, 0.15) is 5.60 Å². The van der Waals surface area contributed by atoms with Crippen LogP contribution in [0.3, 0.4) is 0 Å². The predicted octanol–water partition coefficient (Wildman–Crippen LogP) is 3.31. The second kappa shape index (κ2) is 5.00. The van der Waals surface area contributed by atoms with Crippen LogP contribution in [0.5, 0.6) is 0 Å². The van der Waals surface area contributed by atoms with Crippen molar-refractivity contribution in [2.24, 2.45) is 17.2 Å². The van der Waals surface area contributed by atoms with E-state index in [1.54, 1.807) is 0 Å². The molecule has 0 radical (unpaired) electrons. The molecule has 3 nitrogen and oxygen atoms in total. The van der Waals surface area contributed by atoms with Gasteiger partial charge in [0.25, 0.3) is 0 Å². The van der Waals surface area contributed by atoms with Crippen molar-refractivity contribution in [1.82, 2.24) is 0 Å². The molecule has 0 saturated carbocycles. The summed E-state index contributed by atoms with van der Waals surface area (Å²) in [6, 6.07) is 0. The molecule has 0 N–H and O–H groups in total. The molecule has 13 heavy (non-hydrogen) atoms.